The van der Waals surface area contributed by atoms with Gasteiger partial charge in [-0.1, -0.05) is 24.3 Å². The SMILES string of the molecule is COc1ccc(-n2c(C)cc(C=Nn3c(-c4cccc(C(F)(F)F)c4)nc4ccccc4c3=O)c2C)cc1. The molecule has 2 aromatic heterocycles. The van der Waals surface area contributed by atoms with E-state index in [1.165, 1.54) is 18.3 Å². The van der Waals surface area contributed by atoms with Gasteiger partial charge in [0.1, 0.15) is 5.75 Å². The highest BCUT2D eigenvalue weighted by Gasteiger charge is 2.31. The van der Waals surface area contributed by atoms with E-state index < -0.39 is 17.3 Å². The molecule has 0 aliphatic rings. The molecule has 0 saturated heterocycles. The average molecular weight is 517 g/mol. The second kappa shape index (κ2) is 9.66. The first-order chi connectivity index (χ1) is 18.2. The fourth-order valence-electron chi connectivity index (χ4n) is 4.42. The summed E-state index contributed by atoms with van der Waals surface area (Å²) in [6.07, 6.45) is -3.02. The minimum Gasteiger partial charge on any atom is -0.497 e. The normalized spacial score (nSPS) is 11.9. The molecule has 0 N–H and O–H groups in total. The van der Waals surface area contributed by atoms with Crippen molar-refractivity contribution in [3.63, 3.8) is 0 Å². The number of hydrogen-bond donors (Lipinski definition) is 0. The number of methoxy groups -OCH3 is 1. The summed E-state index contributed by atoms with van der Waals surface area (Å²) in [5.41, 5.74) is 2.66. The topological polar surface area (TPSA) is 61.4 Å². The van der Waals surface area contributed by atoms with Gasteiger partial charge < -0.3 is 9.30 Å². The third-order valence-corrected chi connectivity index (χ3v) is 6.32. The Morgan fingerprint density at radius 2 is 1.68 bits per heavy atom. The van der Waals surface area contributed by atoms with Crippen molar-refractivity contribution < 1.29 is 17.9 Å². The summed E-state index contributed by atoms with van der Waals surface area (Å²) in [6, 6.07) is 20.9. The first-order valence-electron chi connectivity index (χ1n) is 11.7. The van der Waals surface area contributed by atoms with Crippen LogP contribution in [-0.4, -0.2) is 27.6 Å². The maximum Gasteiger partial charge on any atom is 0.416 e. The molecule has 2 heterocycles. The van der Waals surface area contributed by atoms with Crippen LogP contribution in [0.25, 0.3) is 28.0 Å². The van der Waals surface area contributed by atoms with Crippen LogP contribution in [0.3, 0.4) is 0 Å². The molecule has 0 atom stereocenters. The van der Waals surface area contributed by atoms with Gasteiger partial charge in [0.05, 0.1) is 29.8 Å². The standard InChI is InChI=1S/C29H23F3N4O2/c1-18-15-21(19(2)35(18)23-11-13-24(38-3)14-12-23)17-33-36-27(20-7-6-8-22(16-20)29(30,31)32)34-26-10-5-4-9-25(26)28(36)37/h4-17H,1-3H3. The predicted octanol–water partition coefficient (Wildman–Crippen LogP) is 6.38. The number of halogens is 3. The number of para-hydroxylation sites is 1. The van der Waals surface area contributed by atoms with E-state index in [-0.39, 0.29) is 11.4 Å². The molecule has 5 aromatic rings. The van der Waals surface area contributed by atoms with Crippen LogP contribution in [0, 0.1) is 13.8 Å². The van der Waals surface area contributed by atoms with E-state index in [1.807, 2.05) is 48.7 Å². The largest absolute Gasteiger partial charge is 0.497 e. The highest BCUT2D eigenvalue weighted by Crippen LogP contribution is 2.32. The minimum absolute atomic E-state index is 0.0139. The number of aromatic nitrogens is 3. The molecule has 0 spiro atoms. The molecular weight excluding hydrogens is 493 g/mol. The second-order valence-electron chi connectivity index (χ2n) is 8.75. The monoisotopic (exact) mass is 516 g/mol. The van der Waals surface area contributed by atoms with Gasteiger partial charge in [0.2, 0.25) is 0 Å². The van der Waals surface area contributed by atoms with Crippen molar-refractivity contribution in [2.45, 2.75) is 20.0 Å². The number of aryl methyl sites for hydroxylation is 1. The molecule has 0 fully saturated rings. The van der Waals surface area contributed by atoms with Crippen LogP contribution in [0.5, 0.6) is 5.75 Å². The lowest BCUT2D eigenvalue weighted by atomic mass is 10.1. The van der Waals surface area contributed by atoms with Crippen LogP contribution < -0.4 is 10.3 Å². The Labute approximate surface area is 216 Å². The Morgan fingerprint density at radius 3 is 2.39 bits per heavy atom. The van der Waals surface area contributed by atoms with Gasteiger partial charge in [-0.15, -0.1) is 0 Å². The third kappa shape index (κ3) is 4.58. The van der Waals surface area contributed by atoms with Crippen LogP contribution in [0.1, 0.15) is 22.5 Å². The molecule has 0 amide bonds. The molecular formula is C29H23F3N4O2. The molecule has 38 heavy (non-hydrogen) atoms. The van der Waals surface area contributed by atoms with Crippen molar-refractivity contribution in [3.05, 3.63) is 112 Å². The Balaban J connectivity index is 1.64. The summed E-state index contributed by atoms with van der Waals surface area (Å²) >= 11 is 0. The molecule has 3 aromatic carbocycles. The summed E-state index contributed by atoms with van der Waals surface area (Å²) < 4.78 is 48.6. The number of hydrogen-bond acceptors (Lipinski definition) is 4. The van der Waals surface area contributed by atoms with Crippen molar-refractivity contribution in [2.24, 2.45) is 5.10 Å². The van der Waals surface area contributed by atoms with E-state index in [4.69, 9.17) is 4.74 Å². The molecule has 0 aliphatic heterocycles. The smallest absolute Gasteiger partial charge is 0.416 e. The van der Waals surface area contributed by atoms with Gasteiger partial charge in [0.15, 0.2) is 5.82 Å². The highest BCUT2D eigenvalue weighted by molar-refractivity contribution is 5.83. The maximum absolute atomic E-state index is 13.4. The van der Waals surface area contributed by atoms with Crippen LogP contribution >= 0.6 is 0 Å². The molecule has 0 aliphatic carbocycles. The minimum atomic E-state index is -4.54. The summed E-state index contributed by atoms with van der Waals surface area (Å²) in [4.78, 5) is 18.0. The second-order valence-corrected chi connectivity index (χ2v) is 8.75. The first kappa shape index (κ1) is 25.0. The Morgan fingerprint density at radius 1 is 0.947 bits per heavy atom. The van der Waals surface area contributed by atoms with Crippen LogP contribution in [0.2, 0.25) is 0 Å². The summed E-state index contributed by atoms with van der Waals surface area (Å²) in [5, 5.41) is 4.74. The molecule has 9 heteroatoms. The van der Waals surface area contributed by atoms with Crippen molar-refractivity contribution in [2.75, 3.05) is 7.11 Å². The van der Waals surface area contributed by atoms with Crippen molar-refractivity contribution in [3.8, 4) is 22.8 Å². The van der Waals surface area contributed by atoms with E-state index in [9.17, 15) is 18.0 Å². The molecule has 0 unspecified atom stereocenters. The van der Waals surface area contributed by atoms with Crippen LogP contribution in [-0.2, 0) is 6.18 Å². The molecule has 6 nitrogen and oxygen atoms in total. The lowest BCUT2D eigenvalue weighted by Gasteiger charge is -2.12. The summed E-state index contributed by atoms with van der Waals surface area (Å²) in [5.74, 6) is 0.753. The predicted molar refractivity (Wildman–Crippen MR) is 141 cm³/mol. The molecule has 5 rings (SSSR count). The van der Waals surface area contributed by atoms with Crippen LogP contribution in [0.4, 0.5) is 13.2 Å². The summed E-state index contributed by atoms with van der Waals surface area (Å²) in [7, 11) is 1.60. The van der Waals surface area contributed by atoms with Crippen molar-refractivity contribution in [1.29, 1.82) is 0 Å². The quantitative estimate of drug-likeness (QED) is 0.255. The highest BCUT2D eigenvalue weighted by atomic mass is 19.4. The maximum atomic E-state index is 13.4. The fraction of sp³-hybridized carbons (Fsp3) is 0.138. The number of nitrogens with zero attached hydrogens (tertiary/aromatic N) is 4. The first-order valence-corrected chi connectivity index (χ1v) is 11.7. The third-order valence-electron chi connectivity index (χ3n) is 6.32. The zero-order valence-corrected chi connectivity index (χ0v) is 20.8. The zero-order valence-electron chi connectivity index (χ0n) is 20.8. The van der Waals surface area contributed by atoms with E-state index in [0.29, 0.717) is 10.9 Å². The zero-order chi connectivity index (χ0) is 27.0. The van der Waals surface area contributed by atoms with Gasteiger partial charge in [-0.05, 0) is 68.4 Å². The van der Waals surface area contributed by atoms with E-state index in [2.05, 4.69) is 10.1 Å². The molecule has 0 saturated carbocycles. The van der Waals surface area contributed by atoms with Gasteiger partial charge in [-0.25, -0.2) is 4.98 Å². The molecule has 192 valence electrons. The number of alkyl halides is 3. The fourth-order valence-corrected chi connectivity index (χ4v) is 4.42. The molecule has 0 bridgehead atoms. The van der Waals surface area contributed by atoms with Gasteiger partial charge in [-0.2, -0.15) is 22.9 Å². The lowest BCUT2D eigenvalue weighted by Crippen LogP contribution is -2.20. The Bertz CT molecular complexity index is 1730. The van der Waals surface area contributed by atoms with Crippen molar-refractivity contribution >= 4 is 17.1 Å². The Hall–Kier alpha value is -4.66. The van der Waals surface area contributed by atoms with Crippen LogP contribution in [0.15, 0.2) is 88.8 Å². The van der Waals surface area contributed by atoms with Gasteiger partial charge >= 0.3 is 6.18 Å². The van der Waals surface area contributed by atoms with Crippen molar-refractivity contribution in [1.82, 2.24) is 14.2 Å². The van der Waals surface area contributed by atoms with Gasteiger partial charge in [-0.3, -0.25) is 4.79 Å². The Kier molecular flexibility index (Phi) is 6.36. The lowest BCUT2D eigenvalue weighted by molar-refractivity contribution is -0.137. The van der Waals surface area contributed by atoms with E-state index in [0.717, 1.165) is 45.2 Å². The summed E-state index contributed by atoms with van der Waals surface area (Å²) in [6.45, 7) is 3.88. The van der Waals surface area contributed by atoms with Gasteiger partial charge in [0, 0.05) is 28.2 Å². The van der Waals surface area contributed by atoms with Gasteiger partial charge in [0.25, 0.3) is 5.56 Å². The average Bonchev–Trinajstić information content (AvgIpc) is 3.20. The van der Waals surface area contributed by atoms with E-state index in [1.54, 1.807) is 31.4 Å². The van der Waals surface area contributed by atoms with E-state index >= 15 is 0 Å². The number of benzene rings is 3. The number of rotatable bonds is 5. The number of ether oxygens (including phenoxy) is 1. The number of fused-ring (bicyclic) bond motifs is 1. The molecule has 0 radical (unpaired) electrons.